The van der Waals surface area contributed by atoms with E-state index in [9.17, 15) is 4.79 Å². The van der Waals surface area contributed by atoms with Crippen LogP contribution in [-0.4, -0.2) is 36.9 Å². The fraction of sp³-hybridized carbons (Fsp3) is 0.500. The summed E-state index contributed by atoms with van der Waals surface area (Å²) in [5.74, 6) is -0.923. The Kier molecular flexibility index (Phi) is 5.65. The van der Waals surface area contributed by atoms with Crippen LogP contribution >= 0.6 is 0 Å². The number of ether oxygens (including phenoxy) is 1. The van der Waals surface area contributed by atoms with Gasteiger partial charge in [0.05, 0.1) is 6.61 Å². The maximum Gasteiger partial charge on any atom is 0.332 e. The van der Waals surface area contributed by atoms with Gasteiger partial charge in [-0.3, -0.25) is 0 Å². The molecule has 0 heterocycles. The van der Waals surface area contributed by atoms with Crippen LogP contribution in [0.25, 0.3) is 0 Å². The Morgan fingerprint density at radius 3 is 2.50 bits per heavy atom. The normalized spacial score (nSPS) is 12.2. The first-order valence-electron chi connectivity index (χ1n) is 6.20. The third-order valence-corrected chi connectivity index (χ3v) is 2.86. The molecule has 1 aromatic carbocycles. The third kappa shape index (κ3) is 4.37. The zero-order valence-electron chi connectivity index (χ0n) is 11.2. The highest BCUT2D eigenvalue weighted by molar-refractivity contribution is 5.71. The number of carboxylic acids is 1. The van der Waals surface area contributed by atoms with E-state index in [1.54, 1.807) is 6.92 Å². The topological polar surface area (TPSA) is 49.8 Å². The number of likely N-dealkylation sites (N-methyl/N-ethyl adjacent to an activating group) is 1. The van der Waals surface area contributed by atoms with Crippen LogP contribution in [0.5, 0.6) is 0 Å². The molecule has 0 aromatic heterocycles. The van der Waals surface area contributed by atoms with Gasteiger partial charge in [-0.15, -0.1) is 0 Å². The van der Waals surface area contributed by atoms with Gasteiger partial charge in [0.15, 0.2) is 6.10 Å². The minimum atomic E-state index is -0.923. The third-order valence-electron chi connectivity index (χ3n) is 2.86. The van der Waals surface area contributed by atoms with Crippen molar-refractivity contribution in [3.8, 4) is 0 Å². The second-order valence-corrected chi connectivity index (χ2v) is 4.27. The molecule has 0 aliphatic rings. The summed E-state index contributed by atoms with van der Waals surface area (Å²) in [5.41, 5.74) is 2.36. The van der Waals surface area contributed by atoms with Gasteiger partial charge < -0.3 is 14.7 Å². The molecule has 1 aromatic rings. The summed E-state index contributed by atoms with van der Waals surface area (Å²) in [5, 5.41) is 8.71. The first-order valence-corrected chi connectivity index (χ1v) is 6.20. The number of carboxylic acid groups (broad SMARTS) is 1. The minimum absolute atomic E-state index is 0.412. The number of benzene rings is 1. The lowest BCUT2D eigenvalue weighted by molar-refractivity contribution is -0.148. The summed E-state index contributed by atoms with van der Waals surface area (Å²) in [7, 11) is 0. The van der Waals surface area contributed by atoms with E-state index in [0.717, 1.165) is 12.2 Å². The molecule has 0 saturated carbocycles. The molecule has 0 spiro atoms. The van der Waals surface area contributed by atoms with E-state index in [1.807, 2.05) is 0 Å². The quantitative estimate of drug-likeness (QED) is 0.808. The lowest BCUT2D eigenvalue weighted by atomic mass is 10.2. The van der Waals surface area contributed by atoms with E-state index >= 15 is 0 Å². The second kappa shape index (κ2) is 7.01. The summed E-state index contributed by atoms with van der Waals surface area (Å²) in [4.78, 5) is 12.8. The molecule has 4 heteroatoms. The summed E-state index contributed by atoms with van der Waals surface area (Å²) < 4.78 is 5.24. The smallest absolute Gasteiger partial charge is 0.332 e. The van der Waals surface area contributed by atoms with Crippen molar-refractivity contribution in [2.24, 2.45) is 0 Å². The Labute approximate surface area is 108 Å². The maximum absolute atomic E-state index is 10.6. The molecule has 0 aliphatic carbocycles. The first-order chi connectivity index (χ1) is 8.54. The number of hydrogen-bond donors (Lipinski definition) is 1. The van der Waals surface area contributed by atoms with Gasteiger partial charge in [0.2, 0.25) is 0 Å². The van der Waals surface area contributed by atoms with Crippen LogP contribution in [0.15, 0.2) is 24.3 Å². The van der Waals surface area contributed by atoms with E-state index in [0.29, 0.717) is 13.2 Å². The Morgan fingerprint density at radius 1 is 1.39 bits per heavy atom. The van der Waals surface area contributed by atoms with Crippen molar-refractivity contribution in [1.82, 2.24) is 0 Å². The lowest BCUT2D eigenvalue weighted by Crippen LogP contribution is -2.30. The van der Waals surface area contributed by atoms with Crippen LogP contribution in [-0.2, 0) is 9.53 Å². The van der Waals surface area contributed by atoms with Gasteiger partial charge in [0.25, 0.3) is 0 Å². The van der Waals surface area contributed by atoms with Gasteiger partial charge in [0.1, 0.15) is 0 Å². The monoisotopic (exact) mass is 251 g/mol. The number of rotatable bonds is 7. The van der Waals surface area contributed by atoms with Gasteiger partial charge in [-0.05, 0) is 32.9 Å². The molecular weight excluding hydrogens is 230 g/mol. The predicted molar refractivity (Wildman–Crippen MR) is 72.1 cm³/mol. The van der Waals surface area contributed by atoms with E-state index in [-0.39, 0.29) is 0 Å². The highest BCUT2D eigenvalue weighted by Gasteiger charge is 2.11. The maximum atomic E-state index is 10.6. The second-order valence-electron chi connectivity index (χ2n) is 4.27. The van der Waals surface area contributed by atoms with Crippen molar-refractivity contribution < 1.29 is 14.6 Å². The highest BCUT2D eigenvalue weighted by Crippen LogP contribution is 2.14. The zero-order chi connectivity index (χ0) is 13.5. The number of nitrogens with zero attached hydrogens (tertiary/aromatic N) is 1. The van der Waals surface area contributed by atoms with Crippen molar-refractivity contribution in [2.45, 2.75) is 26.9 Å². The van der Waals surface area contributed by atoms with Crippen molar-refractivity contribution in [3.05, 3.63) is 29.8 Å². The van der Waals surface area contributed by atoms with Gasteiger partial charge in [0, 0.05) is 18.8 Å². The van der Waals surface area contributed by atoms with E-state index in [1.165, 1.54) is 5.56 Å². The average molecular weight is 251 g/mol. The van der Waals surface area contributed by atoms with E-state index in [2.05, 4.69) is 43.0 Å². The molecule has 4 nitrogen and oxygen atoms in total. The molecule has 0 fully saturated rings. The van der Waals surface area contributed by atoms with E-state index < -0.39 is 12.1 Å². The molecule has 1 rings (SSSR count). The Bertz CT molecular complexity index is 375. The molecule has 100 valence electrons. The number of aryl methyl sites for hydroxylation is 1. The van der Waals surface area contributed by atoms with E-state index in [4.69, 9.17) is 9.84 Å². The van der Waals surface area contributed by atoms with Crippen LogP contribution in [0.3, 0.4) is 0 Å². The molecule has 0 aliphatic heterocycles. The number of anilines is 1. The van der Waals surface area contributed by atoms with Gasteiger partial charge in [-0.2, -0.15) is 0 Å². The first kappa shape index (κ1) is 14.5. The van der Waals surface area contributed by atoms with Crippen LogP contribution in [0.4, 0.5) is 5.69 Å². The Hall–Kier alpha value is -1.55. The zero-order valence-corrected chi connectivity index (χ0v) is 11.2. The van der Waals surface area contributed by atoms with Crippen molar-refractivity contribution in [2.75, 3.05) is 24.6 Å². The standard InChI is InChI=1S/C14H21NO3/c1-4-15(9-10-18-12(3)14(16)17)13-7-5-11(2)6-8-13/h5-8,12H,4,9-10H2,1-3H3,(H,16,17). The van der Waals surface area contributed by atoms with Gasteiger partial charge >= 0.3 is 5.97 Å². The Morgan fingerprint density at radius 2 is 2.00 bits per heavy atom. The number of carbonyl (C=O) groups is 1. The average Bonchev–Trinajstić information content (AvgIpc) is 2.35. The fourth-order valence-electron chi connectivity index (χ4n) is 1.64. The SMILES string of the molecule is CCN(CCOC(C)C(=O)O)c1ccc(C)cc1. The number of hydrogen-bond acceptors (Lipinski definition) is 3. The van der Waals surface area contributed by atoms with Crippen LogP contribution < -0.4 is 4.90 Å². The summed E-state index contributed by atoms with van der Waals surface area (Å²) in [6.07, 6.45) is -0.748. The van der Waals surface area contributed by atoms with Crippen molar-refractivity contribution >= 4 is 11.7 Å². The summed E-state index contributed by atoms with van der Waals surface area (Å²) in [6.45, 7) is 7.64. The molecule has 0 bridgehead atoms. The molecule has 1 atom stereocenters. The largest absolute Gasteiger partial charge is 0.479 e. The van der Waals surface area contributed by atoms with Crippen LogP contribution in [0, 0.1) is 6.92 Å². The molecule has 18 heavy (non-hydrogen) atoms. The number of aliphatic carboxylic acids is 1. The molecule has 0 radical (unpaired) electrons. The van der Waals surface area contributed by atoms with Crippen molar-refractivity contribution in [3.63, 3.8) is 0 Å². The molecule has 0 saturated heterocycles. The van der Waals surface area contributed by atoms with Gasteiger partial charge in [-0.25, -0.2) is 4.79 Å². The summed E-state index contributed by atoms with van der Waals surface area (Å²) >= 11 is 0. The van der Waals surface area contributed by atoms with Crippen LogP contribution in [0.2, 0.25) is 0 Å². The van der Waals surface area contributed by atoms with Crippen LogP contribution in [0.1, 0.15) is 19.4 Å². The molecular formula is C14H21NO3. The Balaban J connectivity index is 2.47. The van der Waals surface area contributed by atoms with Crippen molar-refractivity contribution in [1.29, 1.82) is 0 Å². The molecule has 1 unspecified atom stereocenters. The fourth-order valence-corrected chi connectivity index (χ4v) is 1.64. The molecule has 0 amide bonds. The minimum Gasteiger partial charge on any atom is -0.479 e. The molecule has 1 N–H and O–H groups in total. The predicted octanol–water partition coefficient (Wildman–Crippen LogP) is 2.31. The van der Waals surface area contributed by atoms with Gasteiger partial charge in [-0.1, -0.05) is 17.7 Å². The lowest BCUT2D eigenvalue weighted by Gasteiger charge is -2.23. The summed E-state index contributed by atoms with van der Waals surface area (Å²) in [6, 6.07) is 8.27. The highest BCUT2D eigenvalue weighted by atomic mass is 16.5.